The maximum atomic E-state index is 11.8. The minimum absolute atomic E-state index is 0.0232. The van der Waals surface area contributed by atoms with Crippen molar-refractivity contribution in [1.29, 1.82) is 0 Å². The number of hydrogen-bond acceptors (Lipinski definition) is 12. The second-order valence-electron chi connectivity index (χ2n) is 9.14. The lowest BCUT2D eigenvalue weighted by molar-refractivity contribution is -0.0258. The van der Waals surface area contributed by atoms with E-state index < -0.39 is 5.60 Å². The van der Waals surface area contributed by atoms with E-state index in [1.54, 1.807) is 7.05 Å². The molecular formula is C26H53NO12. The monoisotopic (exact) mass is 571 g/mol. The number of aliphatic hydroxyl groups excluding tert-OH is 1. The quantitative estimate of drug-likeness (QED) is 0.128. The van der Waals surface area contributed by atoms with Crippen molar-refractivity contribution >= 4 is 6.09 Å². The zero-order valence-corrected chi connectivity index (χ0v) is 24.5. The van der Waals surface area contributed by atoms with Gasteiger partial charge in [0.25, 0.3) is 0 Å². The van der Waals surface area contributed by atoms with Crippen LogP contribution in [0.2, 0.25) is 0 Å². The third kappa shape index (κ3) is 31.3. The Bertz CT molecular complexity index is 522. The molecule has 0 saturated carbocycles. The van der Waals surface area contributed by atoms with E-state index in [9.17, 15) is 4.79 Å². The average molecular weight is 572 g/mol. The average Bonchev–Trinajstić information content (AvgIpc) is 2.89. The normalized spacial score (nSPS) is 11.7. The van der Waals surface area contributed by atoms with Crippen LogP contribution in [-0.2, 0) is 47.4 Å². The summed E-state index contributed by atoms with van der Waals surface area (Å²) < 4.78 is 53.7. The van der Waals surface area contributed by atoms with E-state index in [0.29, 0.717) is 125 Å². The summed E-state index contributed by atoms with van der Waals surface area (Å²) in [6, 6.07) is 0. The molecule has 1 amide bonds. The molecule has 0 unspecified atom stereocenters. The van der Waals surface area contributed by atoms with Crippen LogP contribution in [0.25, 0.3) is 0 Å². The Kier molecular flexibility index (Phi) is 27.6. The summed E-state index contributed by atoms with van der Waals surface area (Å²) in [5.74, 6) is 0. The molecule has 0 aliphatic rings. The van der Waals surface area contributed by atoms with E-state index in [1.807, 2.05) is 20.8 Å². The molecule has 0 radical (unpaired) electrons. The first-order valence-electron chi connectivity index (χ1n) is 13.6. The van der Waals surface area contributed by atoms with Crippen LogP contribution in [0.15, 0.2) is 0 Å². The van der Waals surface area contributed by atoms with Crippen molar-refractivity contribution in [1.82, 2.24) is 4.90 Å². The van der Waals surface area contributed by atoms with Crippen LogP contribution in [0.1, 0.15) is 20.8 Å². The second-order valence-corrected chi connectivity index (χ2v) is 9.14. The fraction of sp³-hybridized carbons (Fsp3) is 0.962. The first-order valence-corrected chi connectivity index (χ1v) is 13.6. The van der Waals surface area contributed by atoms with Gasteiger partial charge in [-0.25, -0.2) is 4.79 Å². The molecule has 0 rings (SSSR count). The summed E-state index contributed by atoms with van der Waals surface area (Å²) >= 11 is 0. The topological polar surface area (TPSA) is 133 Å². The van der Waals surface area contributed by atoms with Gasteiger partial charge in [-0.2, -0.15) is 0 Å². The summed E-state index contributed by atoms with van der Waals surface area (Å²) in [4.78, 5) is 13.3. The zero-order valence-electron chi connectivity index (χ0n) is 24.5. The van der Waals surface area contributed by atoms with Crippen molar-refractivity contribution in [2.45, 2.75) is 26.4 Å². The molecule has 0 atom stereocenters. The molecule has 0 aliphatic heterocycles. The van der Waals surface area contributed by atoms with Crippen LogP contribution in [-0.4, -0.2) is 161 Å². The number of likely N-dealkylation sites (N-methyl/N-ethyl adjacent to an activating group) is 1. The van der Waals surface area contributed by atoms with Crippen LogP contribution in [0, 0.1) is 0 Å². The van der Waals surface area contributed by atoms with E-state index in [2.05, 4.69) is 0 Å². The van der Waals surface area contributed by atoms with Gasteiger partial charge in [0, 0.05) is 13.6 Å². The first-order chi connectivity index (χ1) is 18.9. The smallest absolute Gasteiger partial charge is 0.410 e. The summed E-state index contributed by atoms with van der Waals surface area (Å²) in [7, 11) is 1.68. The van der Waals surface area contributed by atoms with Gasteiger partial charge < -0.3 is 57.4 Å². The standard InChI is InChI=1S/C26H53NO12/c1-26(2,3)39-25(29)27(4)5-7-30-9-11-32-13-15-34-17-19-36-21-23-38-24-22-37-20-18-35-16-14-33-12-10-31-8-6-28/h28H,5-24H2,1-4H3. The van der Waals surface area contributed by atoms with Crippen LogP contribution in [0.3, 0.4) is 0 Å². The van der Waals surface area contributed by atoms with Gasteiger partial charge in [-0.05, 0) is 20.8 Å². The van der Waals surface area contributed by atoms with Crippen molar-refractivity contribution in [3.05, 3.63) is 0 Å². The molecule has 0 aromatic carbocycles. The Balaban J connectivity index is 3.16. The minimum Gasteiger partial charge on any atom is -0.444 e. The van der Waals surface area contributed by atoms with Crippen LogP contribution >= 0.6 is 0 Å². The van der Waals surface area contributed by atoms with Crippen LogP contribution in [0.4, 0.5) is 4.79 Å². The van der Waals surface area contributed by atoms with Crippen molar-refractivity contribution < 1.29 is 57.3 Å². The van der Waals surface area contributed by atoms with Crippen molar-refractivity contribution in [3.8, 4) is 0 Å². The lowest BCUT2D eigenvalue weighted by Gasteiger charge is -2.24. The molecule has 39 heavy (non-hydrogen) atoms. The van der Waals surface area contributed by atoms with E-state index in [0.717, 1.165) is 0 Å². The SMILES string of the molecule is CN(CCOCCOCCOCCOCCOCCOCCOCCOCCOCCO)C(=O)OC(C)(C)C. The summed E-state index contributed by atoms with van der Waals surface area (Å²) in [5.41, 5.74) is -0.507. The van der Waals surface area contributed by atoms with E-state index in [1.165, 1.54) is 4.90 Å². The third-order valence-electron chi connectivity index (χ3n) is 4.49. The predicted octanol–water partition coefficient (Wildman–Crippen LogP) is 0.995. The molecule has 0 aliphatic carbocycles. The fourth-order valence-electron chi connectivity index (χ4n) is 2.56. The maximum absolute atomic E-state index is 11.8. The number of carbonyl (C=O) groups excluding carboxylic acids is 1. The molecule has 13 heteroatoms. The number of nitrogens with zero attached hydrogens (tertiary/aromatic N) is 1. The lowest BCUT2D eigenvalue weighted by Crippen LogP contribution is -2.36. The van der Waals surface area contributed by atoms with E-state index in [4.69, 9.17) is 52.5 Å². The van der Waals surface area contributed by atoms with Crippen LogP contribution in [0.5, 0.6) is 0 Å². The number of aliphatic hydroxyl groups is 1. The Hall–Kier alpha value is -1.13. The molecule has 234 valence electrons. The molecule has 0 aromatic rings. The first kappa shape index (κ1) is 37.9. The largest absolute Gasteiger partial charge is 0.444 e. The van der Waals surface area contributed by atoms with Crippen molar-refractivity contribution in [2.75, 3.05) is 139 Å². The minimum atomic E-state index is -0.507. The highest BCUT2D eigenvalue weighted by Gasteiger charge is 2.19. The highest BCUT2D eigenvalue weighted by atomic mass is 16.6. The molecule has 0 fully saturated rings. The maximum Gasteiger partial charge on any atom is 0.410 e. The molecule has 0 spiro atoms. The fourth-order valence-corrected chi connectivity index (χ4v) is 2.56. The second kappa shape index (κ2) is 28.4. The number of carbonyl (C=O) groups is 1. The molecule has 1 N–H and O–H groups in total. The van der Waals surface area contributed by atoms with Crippen LogP contribution < -0.4 is 0 Å². The number of hydrogen-bond donors (Lipinski definition) is 1. The number of ether oxygens (including phenoxy) is 10. The zero-order chi connectivity index (χ0) is 28.9. The highest BCUT2D eigenvalue weighted by Crippen LogP contribution is 2.08. The van der Waals surface area contributed by atoms with Gasteiger partial charge in [-0.1, -0.05) is 0 Å². The Morgan fingerprint density at radius 2 is 0.769 bits per heavy atom. The molecule has 0 aromatic heterocycles. The van der Waals surface area contributed by atoms with E-state index >= 15 is 0 Å². The molecule has 0 bridgehead atoms. The third-order valence-corrected chi connectivity index (χ3v) is 4.49. The van der Waals surface area contributed by atoms with Crippen molar-refractivity contribution in [3.63, 3.8) is 0 Å². The van der Waals surface area contributed by atoms with Gasteiger partial charge in [0.05, 0.1) is 126 Å². The Morgan fingerprint density at radius 3 is 1.03 bits per heavy atom. The van der Waals surface area contributed by atoms with Gasteiger partial charge in [0.2, 0.25) is 0 Å². The Morgan fingerprint density at radius 1 is 0.513 bits per heavy atom. The van der Waals surface area contributed by atoms with Gasteiger partial charge in [-0.3, -0.25) is 0 Å². The molecule has 13 nitrogen and oxygen atoms in total. The summed E-state index contributed by atoms with van der Waals surface area (Å²) in [6.07, 6.45) is -0.364. The summed E-state index contributed by atoms with van der Waals surface area (Å²) in [6.45, 7) is 14.5. The number of amides is 1. The van der Waals surface area contributed by atoms with Gasteiger partial charge in [-0.15, -0.1) is 0 Å². The molecule has 0 heterocycles. The summed E-state index contributed by atoms with van der Waals surface area (Å²) in [5, 5.41) is 8.56. The lowest BCUT2D eigenvalue weighted by atomic mass is 10.2. The number of rotatable bonds is 29. The van der Waals surface area contributed by atoms with Gasteiger partial charge in [0.15, 0.2) is 0 Å². The highest BCUT2D eigenvalue weighted by molar-refractivity contribution is 5.67. The molecule has 0 saturated heterocycles. The predicted molar refractivity (Wildman–Crippen MR) is 143 cm³/mol. The Labute approximate surface area is 234 Å². The van der Waals surface area contributed by atoms with Crippen molar-refractivity contribution in [2.24, 2.45) is 0 Å². The van der Waals surface area contributed by atoms with E-state index in [-0.39, 0.29) is 12.7 Å². The molecular weight excluding hydrogens is 518 g/mol. The van der Waals surface area contributed by atoms with Gasteiger partial charge in [0.1, 0.15) is 5.60 Å². The van der Waals surface area contributed by atoms with Gasteiger partial charge >= 0.3 is 6.09 Å².